The Hall–Kier alpha value is -1.82. The molecule has 6 nitrogen and oxygen atoms in total. The lowest BCUT2D eigenvalue weighted by molar-refractivity contribution is -0.139. The van der Waals surface area contributed by atoms with Crippen LogP contribution in [0.15, 0.2) is 16.7 Å². The van der Waals surface area contributed by atoms with Crippen LogP contribution in [0.3, 0.4) is 0 Å². The predicted molar refractivity (Wildman–Crippen MR) is 63.4 cm³/mol. The SMILES string of the molecule is COCCCC(NC(=O)c1coc(C)c1)C(=O)O. The van der Waals surface area contributed by atoms with Gasteiger partial charge in [-0.15, -0.1) is 0 Å². The van der Waals surface area contributed by atoms with Crippen molar-refractivity contribution in [3.8, 4) is 0 Å². The number of carboxylic acid groups (broad SMARTS) is 1. The van der Waals surface area contributed by atoms with Gasteiger partial charge < -0.3 is 19.6 Å². The maximum absolute atomic E-state index is 11.7. The van der Waals surface area contributed by atoms with Crippen LogP contribution < -0.4 is 5.32 Å². The van der Waals surface area contributed by atoms with E-state index in [9.17, 15) is 9.59 Å². The quantitative estimate of drug-likeness (QED) is 0.714. The van der Waals surface area contributed by atoms with Crippen molar-refractivity contribution in [1.82, 2.24) is 5.32 Å². The molecule has 0 saturated heterocycles. The van der Waals surface area contributed by atoms with Gasteiger partial charge in [-0.05, 0) is 25.8 Å². The average molecular weight is 255 g/mol. The molecule has 0 saturated carbocycles. The summed E-state index contributed by atoms with van der Waals surface area (Å²) in [5, 5.41) is 11.4. The van der Waals surface area contributed by atoms with Gasteiger partial charge in [0.1, 0.15) is 18.1 Å². The fraction of sp³-hybridized carbons (Fsp3) is 0.500. The number of carboxylic acids is 1. The second kappa shape index (κ2) is 6.80. The molecule has 0 radical (unpaired) electrons. The van der Waals surface area contributed by atoms with Gasteiger partial charge in [0.15, 0.2) is 0 Å². The molecule has 18 heavy (non-hydrogen) atoms. The lowest BCUT2D eigenvalue weighted by atomic mass is 10.1. The maximum atomic E-state index is 11.7. The molecule has 1 atom stereocenters. The van der Waals surface area contributed by atoms with E-state index < -0.39 is 17.9 Å². The highest BCUT2D eigenvalue weighted by Gasteiger charge is 2.20. The molecule has 0 spiro atoms. The number of aryl methyl sites for hydroxylation is 1. The number of carbonyl (C=O) groups excluding carboxylic acids is 1. The molecule has 0 aliphatic carbocycles. The molecule has 100 valence electrons. The Bertz CT molecular complexity index is 412. The van der Waals surface area contributed by atoms with Gasteiger partial charge in [0.05, 0.1) is 5.56 Å². The van der Waals surface area contributed by atoms with Crippen molar-refractivity contribution in [3.63, 3.8) is 0 Å². The molecular formula is C12H17NO5. The molecule has 6 heteroatoms. The Morgan fingerprint density at radius 3 is 2.78 bits per heavy atom. The van der Waals surface area contributed by atoms with Crippen molar-refractivity contribution in [2.75, 3.05) is 13.7 Å². The van der Waals surface area contributed by atoms with Crippen LogP contribution in [-0.2, 0) is 9.53 Å². The summed E-state index contributed by atoms with van der Waals surface area (Å²) >= 11 is 0. The van der Waals surface area contributed by atoms with E-state index in [0.29, 0.717) is 30.8 Å². The van der Waals surface area contributed by atoms with E-state index in [4.69, 9.17) is 14.3 Å². The first-order valence-corrected chi connectivity index (χ1v) is 5.62. The molecule has 0 aliphatic heterocycles. The van der Waals surface area contributed by atoms with Crippen LogP contribution >= 0.6 is 0 Å². The smallest absolute Gasteiger partial charge is 0.326 e. The van der Waals surface area contributed by atoms with Gasteiger partial charge in [0.25, 0.3) is 5.91 Å². The fourth-order valence-electron chi connectivity index (χ4n) is 1.49. The van der Waals surface area contributed by atoms with Crippen molar-refractivity contribution >= 4 is 11.9 Å². The summed E-state index contributed by atoms with van der Waals surface area (Å²) in [5.41, 5.74) is 0.325. The van der Waals surface area contributed by atoms with Crippen molar-refractivity contribution in [2.24, 2.45) is 0 Å². The topological polar surface area (TPSA) is 88.8 Å². The van der Waals surface area contributed by atoms with E-state index in [-0.39, 0.29) is 0 Å². The Labute approximate surface area is 105 Å². The van der Waals surface area contributed by atoms with Gasteiger partial charge >= 0.3 is 5.97 Å². The molecule has 1 rings (SSSR count). The highest BCUT2D eigenvalue weighted by Crippen LogP contribution is 2.07. The van der Waals surface area contributed by atoms with Gasteiger partial charge in [-0.1, -0.05) is 0 Å². The van der Waals surface area contributed by atoms with E-state index in [1.807, 2.05) is 0 Å². The van der Waals surface area contributed by atoms with Crippen molar-refractivity contribution < 1.29 is 23.8 Å². The van der Waals surface area contributed by atoms with Crippen molar-refractivity contribution in [1.29, 1.82) is 0 Å². The number of rotatable bonds is 7. The van der Waals surface area contributed by atoms with Gasteiger partial charge in [-0.2, -0.15) is 0 Å². The number of nitrogens with one attached hydrogen (secondary N) is 1. The first-order chi connectivity index (χ1) is 8.54. The third-order valence-electron chi connectivity index (χ3n) is 2.44. The number of amides is 1. The van der Waals surface area contributed by atoms with Crippen LogP contribution in [0, 0.1) is 6.92 Å². The lowest BCUT2D eigenvalue weighted by Crippen LogP contribution is -2.40. The van der Waals surface area contributed by atoms with Crippen LogP contribution in [0.5, 0.6) is 0 Å². The van der Waals surface area contributed by atoms with Crippen LogP contribution in [0.2, 0.25) is 0 Å². The third kappa shape index (κ3) is 4.21. The maximum Gasteiger partial charge on any atom is 0.326 e. The van der Waals surface area contributed by atoms with Crippen LogP contribution in [-0.4, -0.2) is 36.7 Å². The number of hydrogen-bond donors (Lipinski definition) is 2. The minimum absolute atomic E-state index is 0.325. The lowest BCUT2D eigenvalue weighted by Gasteiger charge is -2.13. The molecule has 0 aromatic carbocycles. The number of carbonyl (C=O) groups is 2. The summed E-state index contributed by atoms with van der Waals surface area (Å²) in [6.07, 6.45) is 2.20. The van der Waals surface area contributed by atoms with E-state index in [0.717, 1.165) is 0 Å². The Morgan fingerprint density at radius 2 is 2.28 bits per heavy atom. The minimum Gasteiger partial charge on any atom is -0.480 e. The molecular weight excluding hydrogens is 238 g/mol. The molecule has 2 N–H and O–H groups in total. The van der Waals surface area contributed by atoms with Gasteiger partial charge in [0.2, 0.25) is 0 Å². The normalized spacial score (nSPS) is 12.1. The molecule has 1 aromatic rings. The molecule has 1 amide bonds. The molecule has 0 fully saturated rings. The summed E-state index contributed by atoms with van der Waals surface area (Å²) < 4.78 is 9.84. The number of methoxy groups -OCH3 is 1. The highest BCUT2D eigenvalue weighted by molar-refractivity contribution is 5.96. The Balaban J connectivity index is 2.55. The molecule has 1 aromatic heterocycles. The zero-order valence-electron chi connectivity index (χ0n) is 10.4. The largest absolute Gasteiger partial charge is 0.480 e. The van der Waals surface area contributed by atoms with Crippen LogP contribution in [0.1, 0.15) is 29.0 Å². The summed E-state index contributed by atoms with van der Waals surface area (Å²) in [6.45, 7) is 2.18. The summed E-state index contributed by atoms with van der Waals surface area (Å²) in [7, 11) is 1.54. The predicted octanol–water partition coefficient (Wildman–Crippen LogP) is 1.20. The summed E-state index contributed by atoms with van der Waals surface area (Å²) in [6, 6.07) is 0.645. The zero-order chi connectivity index (χ0) is 13.5. The van der Waals surface area contributed by atoms with Crippen LogP contribution in [0.25, 0.3) is 0 Å². The molecule has 0 aliphatic rings. The van der Waals surface area contributed by atoms with E-state index in [1.165, 1.54) is 6.26 Å². The summed E-state index contributed by atoms with van der Waals surface area (Å²) in [4.78, 5) is 22.7. The first-order valence-electron chi connectivity index (χ1n) is 5.62. The second-order valence-corrected chi connectivity index (χ2v) is 3.95. The van der Waals surface area contributed by atoms with Gasteiger partial charge in [-0.25, -0.2) is 4.79 Å². The van der Waals surface area contributed by atoms with Gasteiger partial charge in [0, 0.05) is 13.7 Å². The van der Waals surface area contributed by atoms with E-state index >= 15 is 0 Å². The third-order valence-corrected chi connectivity index (χ3v) is 2.44. The average Bonchev–Trinajstić information content (AvgIpc) is 2.74. The number of ether oxygens (including phenoxy) is 1. The zero-order valence-corrected chi connectivity index (χ0v) is 10.4. The summed E-state index contributed by atoms with van der Waals surface area (Å²) in [5.74, 6) is -0.900. The first kappa shape index (κ1) is 14.2. The van der Waals surface area contributed by atoms with Crippen molar-refractivity contribution in [2.45, 2.75) is 25.8 Å². The number of furan rings is 1. The molecule has 0 bridgehead atoms. The highest BCUT2D eigenvalue weighted by atomic mass is 16.5. The molecule has 1 unspecified atom stereocenters. The minimum atomic E-state index is -1.06. The van der Waals surface area contributed by atoms with E-state index in [1.54, 1.807) is 20.1 Å². The fourth-order valence-corrected chi connectivity index (χ4v) is 1.49. The number of hydrogen-bond acceptors (Lipinski definition) is 4. The van der Waals surface area contributed by atoms with Gasteiger partial charge in [-0.3, -0.25) is 4.79 Å². The number of aliphatic carboxylic acids is 1. The monoisotopic (exact) mass is 255 g/mol. The van der Waals surface area contributed by atoms with E-state index in [2.05, 4.69) is 5.32 Å². The molecule has 1 heterocycles. The second-order valence-electron chi connectivity index (χ2n) is 3.95. The van der Waals surface area contributed by atoms with Crippen LogP contribution in [0.4, 0.5) is 0 Å². The standard InChI is InChI=1S/C12H17NO5/c1-8-6-9(7-18-8)11(14)13-10(12(15)16)4-3-5-17-2/h6-7,10H,3-5H2,1-2H3,(H,13,14)(H,15,16). The Morgan fingerprint density at radius 1 is 1.56 bits per heavy atom. The van der Waals surface area contributed by atoms with Crippen molar-refractivity contribution in [3.05, 3.63) is 23.7 Å². The Kier molecular flexibility index (Phi) is 5.38.